The number of aryl methyl sites for hydroxylation is 1. The molecule has 1 atom stereocenters. The van der Waals surface area contributed by atoms with E-state index in [2.05, 4.69) is 33.4 Å². The SMILES string of the molecule is Cc1ccc(Br)cc1C(=O)NC(c1ccccc1)C1CC1. The number of carbonyl (C=O) groups excluding carboxylic acids is 1. The predicted molar refractivity (Wildman–Crippen MR) is 88.3 cm³/mol. The van der Waals surface area contributed by atoms with Crippen molar-refractivity contribution in [3.05, 3.63) is 69.7 Å². The van der Waals surface area contributed by atoms with Crippen molar-refractivity contribution < 1.29 is 4.79 Å². The first kappa shape index (κ1) is 14.3. The Bertz CT molecular complexity index is 650. The van der Waals surface area contributed by atoms with E-state index in [9.17, 15) is 4.79 Å². The van der Waals surface area contributed by atoms with Crippen molar-refractivity contribution in [1.82, 2.24) is 5.32 Å². The average molecular weight is 344 g/mol. The van der Waals surface area contributed by atoms with Gasteiger partial charge in [0.15, 0.2) is 0 Å². The number of amides is 1. The maximum absolute atomic E-state index is 12.6. The minimum atomic E-state index is 0.00885. The second-order valence-electron chi connectivity index (χ2n) is 5.66. The highest BCUT2D eigenvalue weighted by atomic mass is 79.9. The minimum Gasteiger partial charge on any atom is -0.345 e. The first-order valence-electron chi connectivity index (χ1n) is 7.27. The van der Waals surface area contributed by atoms with Gasteiger partial charge in [0, 0.05) is 10.0 Å². The Hall–Kier alpha value is -1.61. The molecule has 0 heterocycles. The molecule has 2 nitrogen and oxygen atoms in total. The Balaban J connectivity index is 1.83. The summed E-state index contributed by atoms with van der Waals surface area (Å²) in [6.07, 6.45) is 2.38. The maximum atomic E-state index is 12.6. The molecule has 0 aliphatic heterocycles. The summed E-state index contributed by atoms with van der Waals surface area (Å²) in [5, 5.41) is 3.22. The van der Waals surface area contributed by atoms with E-state index in [4.69, 9.17) is 0 Å². The minimum absolute atomic E-state index is 0.00885. The van der Waals surface area contributed by atoms with Gasteiger partial charge >= 0.3 is 0 Å². The Morgan fingerprint density at radius 1 is 1.19 bits per heavy atom. The lowest BCUT2D eigenvalue weighted by Crippen LogP contribution is -2.30. The molecule has 21 heavy (non-hydrogen) atoms. The molecular weight excluding hydrogens is 326 g/mol. The largest absolute Gasteiger partial charge is 0.345 e. The first-order chi connectivity index (χ1) is 10.1. The molecule has 1 unspecified atom stereocenters. The lowest BCUT2D eigenvalue weighted by molar-refractivity contribution is 0.0931. The summed E-state index contributed by atoms with van der Waals surface area (Å²) >= 11 is 3.44. The molecule has 1 saturated carbocycles. The van der Waals surface area contributed by atoms with Gasteiger partial charge in [-0.25, -0.2) is 0 Å². The highest BCUT2D eigenvalue weighted by Crippen LogP contribution is 2.41. The normalized spacial score (nSPS) is 15.5. The van der Waals surface area contributed by atoms with E-state index in [0.29, 0.717) is 5.92 Å². The van der Waals surface area contributed by atoms with E-state index in [1.54, 1.807) is 0 Å². The molecule has 3 rings (SSSR count). The summed E-state index contributed by atoms with van der Waals surface area (Å²) in [6.45, 7) is 1.97. The molecule has 2 aromatic rings. The van der Waals surface area contributed by atoms with Crippen molar-refractivity contribution in [2.45, 2.75) is 25.8 Å². The van der Waals surface area contributed by atoms with Crippen LogP contribution < -0.4 is 5.32 Å². The number of nitrogens with one attached hydrogen (secondary N) is 1. The summed E-state index contributed by atoms with van der Waals surface area (Å²) in [7, 11) is 0. The Labute approximate surface area is 133 Å². The van der Waals surface area contributed by atoms with Crippen LogP contribution in [-0.4, -0.2) is 5.91 Å². The van der Waals surface area contributed by atoms with Crippen molar-refractivity contribution >= 4 is 21.8 Å². The van der Waals surface area contributed by atoms with Crippen LogP contribution in [0.3, 0.4) is 0 Å². The van der Waals surface area contributed by atoms with E-state index >= 15 is 0 Å². The van der Waals surface area contributed by atoms with Gasteiger partial charge in [-0.1, -0.05) is 52.3 Å². The highest BCUT2D eigenvalue weighted by Gasteiger charge is 2.33. The lowest BCUT2D eigenvalue weighted by atomic mass is 10.0. The molecule has 1 aliphatic carbocycles. The van der Waals surface area contributed by atoms with Gasteiger partial charge in [0.25, 0.3) is 5.91 Å². The Morgan fingerprint density at radius 3 is 2.57 bits per heavy atom. The summed E-state index contributed by atoms with van der Waals surface area (Å²) in [4.78, 5) is 12.6. The molecule has 0 aromatic heterocycles. The zero-order chi connectivity index (χ0) is 14.8. The van der Waals surface area contributed by atoms with Gasteiger partial charge in [0.2, 0.25) is 0 Å². The number of benzene rings is 2. The number of hydrogen-bond acceptors (Lipinski definition) is 1. The van der Waals surface area contributed by atoms with Gasteiger partial charge in [0.1, 0.15) is 0 Å². The molecule has 0 spiro atoms. The van der Waals surface area contributed by atoms with Gasteiger partial charge in [-0.3, -0.25) is 4.79 Å². The second kappa shape index (κ2) is 6.02. The third-order valence-corrected chi connectivity index (χ3v) is 4.48. The van der Waals surface area contributed by atoms with E-state index in [1.807, 2.05) is 43.3 Å². The van der Waals surface area contributed by atoms with E-state index in [0.717, 1.165) is 15.6 Å². The van der Waals surface area contributed by atoms with Gasteiger partial charge in [-0.15, -0.1) is 0 Å². The average Bonchev–Trinajstić information content (AvgIpc) is 3.32. The number of carbonyl (C=O) groups is 1. The molecule has 1 aliphatic rings. The molecule has 1 fully saturated rings. The topological polar surface area (TPSA) is 29.1 Å². The van der Waals surface area contributed by atoms with Crippen molar-refractivity contribution in [3.8, 4) is 0 Å². The smallest absolute Gasteiger partial charge is 0.252 e. The number of halogens is 1. The molecule has 108 valence electrons. The fourth-order valence-electron chi connectivity index (χ4n) is 2.62. The van der Waals surface area contributed by atoms with Gasteiger partial charge in [-0.2, -0.15) is 0 Å². The van der Waals surface area contributed by atoms with E-state index < -0.39 is 0 Å². The Morgan fingerprint density at radius 2 is 1.90 bits per heavy atom. The standard InChI is InChI=1S/C18H18BrNO/c1-12-7-10-15(19)11-16(12)18(21)20-17(14-8-9-14)13-5-3-2-4-6-13/h2-7,10-11,14,17H,8-9H2,1H3,(H,20,21). The van der Waals surface area contributed by atoms with Gasteiger partial charge < -0.3 is 5.32 Å². The quantitative estimate of drug-likeness (QED) is 0.860. The Kier molecular flexibility index (Phi) is 4.11. The van der Waals surface area contributed by atoms with Crippen LogP contribution in [0.5, 0.6) is 0 Å². The van der Waals surface area contributed by atoms with Crippen LogP contribution in [0.15, 0.2) is 53.0 Å². The summed E-state index contributed by atoms with van der Waals surface area (Å²) in [5.74, 6) is 0.582. The monoisotopic (exact) mass is 343 g/mol. The van der Waals surface area contributed by atoms with Crippen LogP contribution in [-0.2, 0) is 0 Å². The summed E-state index contributed by atoms with van der Waals surface area (Å²) in [5.41, 5.74) is 2.94. The highest BCUT2D eigenvalue weighted by molar-refractivity contribution is 9.10. The molecular formula is C18H18BrNO. The van der Waals surface area contributed by atoms with Crippen LogP contribution >= 0.6 is 15.9 Å². The molecule has 0 saturated heterocycles. The van der Waals surface area contributed by atoms with Crippen LogP contribution in [0.25, 0.3) is 0 Å². The van der Waals surface area contributed by atoms with Crippen LogP contribution in [0, 0.1) is 12.8 Å². The fourth-order valence-corrected chi connectivity index (χ4v) is 2.98. The van der Waals surface area contributed by atoms with Crippen molar-refractivity contribution in [2.75, 3.05) is 0 Å². The van der Waals surface area contributed by atoms with Crippen molar-refractivity contribution in [2.24, 2.45) is 5.92 Å². The maximum Gasteiger partial charge on any atom is 0.252 e. The van der Waals surface area contributed by atoms with Gasteiger partial charge in [-0.05, 0) is 48.9 Å². The van der Waals surface area contributed by atoms with Crippen molar-refractivity contribution in [1.29, 1.82) is 0 Å². The zero-order valence-electron chi connectivity index (χ0n) is 12.0. The number of hydrogen-bond donors (Lipinski definition) is 1. The molecule has 0 radical (unpaired) electrons. The molecule has 1 N–H and O–H groups in total. The molecule has 0 bridgehead atoms. The fraction of sp³-hybridized carbons (Fsp3) is 0.278. The summed E-state index contributed by atoms with van der Waals surface area (Å²) < 4.78 is 0.931. The third kappa shape index (κ3) is 3.35. The van der Waals surface area contributed by atoms with Crippen LogP contribution in [0.1, 0.15) is 40.4 Å². The van der Waals surface area contributed by atoms with E-state index in [1.165, 1.54) is 18.4 Å². The van der Waals surface area contributed by atoms with Crippen LogP contribution in [0.4, 0.5) is 0 Å². The van der Waals surface area contributed by atoms with E-state index in [-0.39, 0.29) is 11.9 Å². The zero-order valence-corrected chi connectivity index (χ0v) is 13.6. The molecule has 1 amide bonds. The number of rotatable bonds is 4. The second-order valence-corrected chi connectivity index (χ2v) is 6.57. The summed E-state index contributed by atoms with van der Waals surface area (Å²) in [6, 6.07) is 16.2. The third-order valence-electron chi connectivity index (χ3n) is 3.98. The molecule has 2 aromatic carbocycles. The van der Waals surface area contributed by atoms with Gasteiger partial charge in [0.05, 0.1) is 6.04 Å². The van der Waals surface area contributed by atoms with Crippen molar-refractivity contribution in [3.63, 3.8) is 0 Å². The van der Waals surface area contributed by atoms with Crippen LogP contribution in [0.2, 0.25) is 0 Å². The predicted octanol–water partition coefficient (Wildman–Crippen LogP) is 4.64. The molecule has 3 heteroatoms. The first-order valence-corrected chi connectivity index (χ1v) is 8.06. The lowest BCUT2D eigenvalue weighted by Gasteiger charge is -2.19.